The van der Waals surface area contributed by atoms with Gasteiger partial charge in [-0.3, -0.25) is 14.6 Å². The van der Waals surface area contributed by atoms with Gasteiger partial charge in [0.25, 0.3) is 5.56 Å². The second-order valence-corrected chi connectivity index (χ2v) is 4.93. The molecule has 1 aliphatic rings. The van der Waals surface area contributed by atoms with Gasteiger partial charge in [-0.2, -0.15) is 0 Å². The summed E-state index contributed by atoms with van der Waals surface area (Å²) in [5, 5.41) is 12.1. The van der Waals surface area contributed by atoms with E-state index in [-0.39, 0.29) is 24.1 Å². The molecular formula is C12H17N3O4. The van der Waals surface area contributed by atoms with E-state index in [1.807, 2.05) is 4.98 Å². The zero-order valence-corrected chi connectivity index (χ0v) is 10.4. The van der Waals surface area contributed by atoms with Gasteiger partial charge < -0.3 is 15.4 Å². The van der Waals surface area contributed by atoms with Crippen molar-refractivity contribution < 1.29 is 9.90 Å². The molecule has 0 aromatic carbocycles. The van der Waals surface area contributed by atoms with Gasteiger partial charge in [0.15, 0.2) is 0 Å². The highest BCUT2D eigenvalue weighted by Gasteiger charge is 2.22. The molecule has 1 aliphatic carbocycles. The Balaban J connectivity index is 1.84. The fourth-order valence-electron chi connectivity index (χ4n) is 2.34. The number of hydrogen-bond acceptors (Lipinski definition) is 4. The van der Waals surface area contributed by atoms with Crippen LogP contribution in [0, 0.1) is 5.92 Å². The predicted molar refractivity (Wildman–Crippen MR) is 67.7 cm³/mol. The van der Waals surface area contributed by atoms with Gasteiger partial charge in [0, 0.05) is 18.3 Å². The lowest BCUT2D eigenvalue weighted by Crippen LogP contribution is -2.32. The van der Waals surface area contributed by atoms with Crippen molar-refractivity contribution in [2.45, 2.75) is 31.8 Å². The zero-order chi connectivity index (χ0) is 13.8. The SMILES string of the molecule is O=C(Cc1cc(=O)[nH]c(=O)[nH]1)NCC1CCC(O)C1. The number of aliphatic hydroxyl groups is 1. The largest absolute Gasteiger partial charge is 0.393 e. The number of aromatic amines is 2. The molecule has 2 atom stereocenters. The summed E-state index contributed by atoms with van der Waals surface area (Å²) in [6.45, 7) is 0.517. The summed E-state index contributed by atoms with van der Waals surface area (Å²) in [6.07, 6.45) is 2.10. The number of amides is 1. The average Bonchev–Trinajstić information content (AvgIpc) is 2.71. The Morgan fingerprint density at radius 2 is 2.16 bits per heavy atom. The van der Waals surface area contributed by atoms with Crippen LogP contribution in [0.1, 0.15) is 25.0 Å². The van der Waals surface area contributed by atoms with Gasteiger partial charge in [0.1, 0.15) is 0 Å². The Morgan fingerprint density at radius 1 is 1.37 bits per heavy atom. The van der Waals surface area contributed by atoms with E-state index in [0.29, 0.717) is 18.9 Å². The van der Waals surface area contributed by atoms with E-state index in [1.165, 1.54) is 6.07 Å². The summed E-state index contributed by atoms with van der Waals surface area (Å²) < 4.78 is 0. The molecule has 1 amide bonds. The number of hydrogen-bond donors (Lipinski definition) is 4. The van der Waals surface area contributed by atoms with E-state index in [0.717, 1.165) is 12.8 Å². The molecule has 7 nitrogen and oxygen atoms in total. The Labute approximate surface area is 109 Å². The molecule has 1 aromatic rings. The molecule has 0 bridgehead atoms. The summed E-state index contributed by atoms with van der Waals surface area (Å²) >= 11 is 0. The molecule has 0 saturated heterocycles. The molecule has 1 aromatic heterocycles. The van der Waals surface area contributed by atoms with Gasteiger partial charge in [-0.25, -0.2) is 4.79 Å². The highest BCUT2D eigenvalue weighted by molar-refractivity contribution is 5.78. The number of nitrogens with one attached hydrogen (secondary N) is 3. The van der Waals surface area contributed by atoms with Crippen molar-refractivity contribution in [1.29, 1.82) is 0 Å². The number of H-pyrrole nitrogens is 2. The van der Waals surface area contributed by atoms with Gasteiger partial charge in [0.05, 0.1) is 12.5 Å². The van der Waals surface area contributed by atoms with Crippen molar-refractivity contribution in [1.82, 2.24) is 15.3 Å². The molecule has 7 heteroatoms. The highest BCUT2D eigenvalue weighted by atomic mass is 16.3. The minimum absolute atomic E-state index is 0.0333. The second kappa shape index (κ2) is 5.83. The molecule has 1 saturated carbocycles. The van der Waals surface area contributed by atoms with Crippen molar-refractivity contribution in [2.75, 3.05) is 6.54 Å². The molecule has 4 N–H and O–H groups in total. The van der Waals surface area contributed by atoms with Crippen LogP contribution < -0.4 is 16.6 Å². The van der Waals surface area contributed by atoms with Crippen molar-refractivity contribution in [3.05, 3.63) is 32.6 Å². The lowest BCUT2D eigenvalue weighted by molar-refractivity contribution is -0.120. The fraction of sp³-hybridized carbons (Fsp3) is 0.583. The minimum Gasteiger partial charge on any atom is -0.393 e. The van der Waals surface area contributed by atoms with Gasteiger partial charge in [-0.1, -0.05) is 0 Å². The highest BCUT2D eigenvalue weighted by Crippen LogP contribution is 2.24. The molecule has 104 valence electrons. The van der Waals surface area contributed by atoms with Crippen LogP contribution in [-0.4, -0.2) is 33.6 Å². The summed E-state index contributed by atoms with van der Waals surface area (Å²) in [5.41, 5.74) is -0.850. The lowest BCUT2D eigenvalue weighted by atomic mass is 10.1. The third-order valence-corrected chi connectivity index (χ3v) is 3.27. The quantitative estimate of drug-likeness (QED) is 0.553. The third-order valence-electron chi connectivity index (χ3n) is 3.27. The monoisotopic (exact) mass is 267 g/mol. The molecule has 2 rings (SSSR count). The standard InChI is InChI=1S/C12H17N3O4/c16-9-2-1-7(3-9)6-13-10(17)4-8-5-11(18)15-12(19)14-8/h5,7,9,16H,1-4,6H2,(H,13,17)(H2,14,15,18,19). The van der Waals surface area contributed by atoms with Gasteiger partial charge in [-0.05, 0) is 25.2 Å². The van der Waals surface area contributed by atoms with Crippen molar-refractivity contribution >= 4 is 5.91 Å². The van der Waals surface area contributed by atoms with Crippen LogP contribution in [0.15, 0.2) is 15.7 Å². The fourth-order valence-corrected chi connectivity index (χ4v) is 2.34. The van der Waals surface area contributed by atoms with Crippen LogP contribution in [0.4, 0.5) is 0 Å². The van der Waals surface area contributed by atoms with Gasteiger partial charge in [0.2, 0.25) is 5.91 Å². The van der Waals surface area contributed by atoms with Crippen LogP contribution >= 0.6 is 0 Å². The summed E-state index contributed by atoms with van der Waals surface area (Å²) in [6, 6.07) is 1.19. The van der Waals surface area contributed by atoms with E-state index in [2.05, 4.69) is 10.3 Å². The molecular weight excluding hydrogens is 250 g/mol. The molecule has 0 spiro atoms. The number of rotatable bonds is 4. The maximum atomic E-state index is 11.7. The molecule has 1 fully saturated rings. The molecule has 0 radical (unpaired) electrons. The van der Waals surface area contributed by atoms with E-state index in [9.17, 15) is 19.5 Å². The van der Waals surface area contributed by atoms with E-state index < -0.39 is 11.2 Å². The first-order valence-electron chi connectivity index (χ1n) is 6.30. The third kappa shape index (κ3) is 4.06. The van der Waals surface area contributed by atoms with Crippen molar-refractivity contribution in [3.63, 3.8) is 0 Å². The number of carbonyl (C=O) groups is 1. The zero-order valence-electron chi connectivity index (χ0n) is 10.4. The summed E-state index contributed by atoms with van der Waals surface area (Å²) in [7, 11) is 0. The molecule has 2 unspecified atom stereocenters. The topological polar surface area (TPSA) is 115 Å². The predicted octanol–water partition coefficient (Wildman–Crippen LogP) is -1.12. The number of aliphatic hydroxyl groups excluding tert-OH is 1. The summed E-state index contributed by atoms with van der Waals surface area (Å²) in [4.78, 5) is 38.2. The van der Waals surface area contributed by atoms with Crippen molar-refractivity contribution in [3.8, 4) is 0 Å². The van der Waals surface area contributed by atoms with Crippen LogP contribution in [-0.2, 0) is 11.2 Å². The molecule has 1 heterocycles. The maximum absolute atomic E-state index is 11.7. The normalized spacial score (nSPS) is 22.4. The molecule has 19 heavy (non-hydrogen) atoms. The first-order valence-corrected chi connectivity index (χ1v) is 6.30. The Kier molecular flexibility index (Phi) is 4.16. The Hall–Kier alpha value is -1.89. The average molecular weight is 267 g/mol. The first-order chi connectivity index (χ1) is 9.02. The smallest absolute Gasteiger partial charge is 0.325 e. The van der Waals surface area contributed by atoms with Crippen LogP contribution in [0.3, 0.4) is 0 Å². The first kappa shape index (κ1) is 13.5. The number of aromatic nitrogens is 2. The maximum Gasteiger partial charge on any atom is 0.325 e. The Morgan fingerprint density at radius 3 is 2.79 bits per heavy atom. The van der Waals surface area contributed by atoms with Gasteiger partial charge in [-0.15, -0.1) is 0 Å². The van der Waals surface area contributed by atoms with E-state index >= 15 is 0 Å². The second-order valence-electron chi connectivity index (χ2n) is 4.93. The van der Waals surface area contributed by atoms with Crippen LogP contribution in [0.2, 0.25) is 0 Å². The van der Waals surface area contributed by atoms with Gasteiger partial charge >= 0.3 is 5.69 Å². The van der Waals surface area contributed by atoms with Crippen LogP contribution in [0.5, 0.6) is 0 Å². The minimum atomic E-state index is -0.616. The van der Waals surface area contributed by atoms with E-state index in [1.54, 1.807) is 0 Å². The van der Waals surface area contributed by atoms with Crippen molar-refractivity contribution in [2.24, 2.45) is 5.92 Å². The Bertz CT molecular complexity index is 534. The summed E-state index contributed by atoms with van der Waals surface area (Å²) in [5.74, 6) is 0.0554. The van der Waals surface area contributed by atoms with Crippen LogP contribution in [0.25, 0.3) is 0 Å². The number of carbonyl (C=O) groups excluding carboxylic acids is 1. The molecule has 0 aliphatic heterocycles. The van der Waals surface area contributed by atoms with E-state index in [4.69, 9.17) is 0 Å². The lowest BCUT2D eigenvalue weighted by Gasteiger charge is -2.10.